The Morgan fingerprint density at radius 1 is 1.21 bits per heavy atom. The molecular formula is C19H22N6O2S. The van der Waals surface area contributed by atoms with Gasteiger partial charge >= 0.3 is 0 Å². The number of thiazole rings is 1. The molecule has 3 aromatic rings. The molecule has 28 heavy (non-hydrogen) atoms. The van der Waals surface area contributed by atoms with E-state index in [4.69, 9.17) is 0 Å². The molecule has 0 aromatic carbocycles. The SMILES string of the molecule is CCc1nc(C)ncc1C(=O)N1CCN(Cc2cc(=O)n3ccsc3n2)CC1. The average molecular weight is 398 g/mol. The first-order valence-corrected chi connectivity index (χ1v) is 10.2. The van der Waals surface area contributed by atoms with Crippen molar-refractivity contribution in [2.45, 2.75) is 26.8 Å². The summed E-state index contributed by atoms with van der Waals surface area (Å²) in [7, 11) is 0. The molecule has 9 heteroatoms. The second-order valence-electron chi connectivity index (χ2n) is 6.84. The van der Waals surface area contributed by atoms with Gasteiger partial charge in [-0.3, -0.25) is 18.9 Å². The molecular weight excluding hydrogens is 376 g/mol. The van der Waals surface area contributed by atoms with Crippen LogP contribution >= 0.6 is 11.3 Å². The van der Waals surface area contributed by atoms with Gasteiger partial charge in [0.25, 0.3) is 11.5 Å². The molecule has 0 unspecified atom stereocenters. The third-order valence-electron chi connectivity index (χ3n) is 4.95. The van der Waals surface area contributed by atoms with Crippen molar-refractivity contribution in [3.8, 4) is 0 Å². The predicted octanol–water partition coefficient (Wildman–Crippen LogP) is 1.37. The number of hydrogen-bond donors (Lipinski definition) is 0. The molecule has 146 valence electrons. The largest absolute Gasteiger partial charge is 0.336 e. The van der Waals surface area contributed by atoms with Crippen LogP contribution in [0.15, 0.2) is 28.6 Å². The molecule has 1 amide bonds. The molecule has 1 aliphatic rings. The molecule has 4 heterocycles. The van der Waals surface area contributed by atoms with Crippen LogP contribution in [0.25, 0.3) is 4.96 Å². The van der Waals surface area contributed by atoms with Crippen molar-refractivity contribution in [1.29, 1.82) is 0 Å². The smallest absolute Gasteiger partial charge is 0.258 e. The van der Waals surface area contributed by atoms with Crippen LogP contribution in [0.4, 0.5) is 0 Å². The molecule has 0 saturated carbocycles. The standard InChI is InChI=1S/C19H22N6O2S/c1-3-16-15(11-20-13(2)21-16)18(27)24-6-4-23(5-7-24)12-14-10-17(26)25-8-9-28-19(25)22-14/h8-11H,3-7,12H2,1-2H3. The highest BCUT2D eigenvalue weighted by Gasteiger charge is 2.24. The molecule has 1 aliphatic heterocycles. The first-order chi connectivity index (χ1) is 13.5. The van der Waals surface area contributed by atoms with Crippen molar-refractivity contribution >= 4 is 22.2 Å². The van der Waals surface area contributed by atoms with Crippen LogP contribution in [-0.2, 0) is 13.0 Å². The number of aromatic nitrogens is 4. The summed E-state index contributed by atoms with van der Waals surface area (Å²) < 4.78 is 1.56. The summed E-state index contributed by atoms with van der Waals surface area (Å²) in [6.45, 7) is 7.19. The molecule has 3 aromatic heterocycles. The maximum absolute atomic E-state index is 12.9. The Morgan fingerprint density at radius 3 is 2.75 bits per heavy atom. The van der Waals surface area contributed by atoms with Crippen molar-refractivity contribution in [1.82, 2.24) is 29.2 Å². The van der Waals surface area contributed by atoms with E-state index in [0.717, 1.165) is 24.5 Å². The lowest BCUT2D eigenvalue weighted by Gasteiger charge is -2.34. The van der Waals surface area contributed by atoms with Crippen LogP contribution < -0.4 is 5.56 Å². The zero-order valence-corrected chi connectivity index (χ0v) is 16.8. The average Bonchev–Trinajstić information content (AvgIpc) is 3.17. The van der Waals surface area contributed by atoms with Gasteiger partial charge in [0.15, 0.2) is 4.96 Å². The van der Waals surface area contributed by atoms with Crippen molar-refractivity contribution < 1.29 is 4.79 Å². The molecule has 0 bridgehead atoms. The summed E-state index contributed by atoms with van der Waals surface area (Å²) in [6, 6.07) is 1.59. The van der Waals surface area contributed by atoms with Gasteiger partial charge in [-0.25, -0.2) is 15.0 Å². The highest BCUT2D eigenvalue weighted by molar-refractivity contribution is 7.15. The van der Waals surface area contributed by atoms with Gasteiger partial charge in [0.05, 0.1) is 17.0 Å². The van der Waals surface area contributed by atoms with Gasteiger partial charge in [0.1, 0.15) is 5.82 Å². The molecule has 0 radical (unpaired) electrons. The maximum atomic E-state index is 12.9. The van der Waals surface area contributed by atoms with E-state index < -0.39 is 0 Å². The van der Waals surface area contributed by atoms with E-state index in [9.17, 15) is 9.59 Å². The molecule has 1 fully saturated rings. The van der Waals surface area contributed by atoms with E-state index in [-0.39, 0.29) is 11.5 Å². The third kappa shape index (κ3) is 3.67. The Bertz CT molecular complexity index is 1070. The zero-order chi connectivity index (χ0) is 19.7. The van der Waals surface area contributed by atoms with E-state index in [1.165, 1.54) is 11.3 Å². The van der Waals surface area contributed by atoms with Gasteiger partial charge in [-0.1, -0.05) is 6.92 Å². The summed E-state index contributed by atoms with van der Waals surface area (Å²) in [5.74, 6) is 0.678. The first-order valence-electron chi connectivity index (χ1n) is 9.35. The lowest BCUT2D eigenvalue weighted by molar-refractivity contribution is 0.0625. The number of aryl methyl sites for hydroxylation is 2. The van der Waals surface area contributed by atoms with Crippen molar-refractivity contribution in [3.63, 3.8) is 0 Å². The number of carbonyl (C=O) groups is 1. The van der Waals surface area contributed by atoms with Gasteiger partial charge < -0.3 is 4.90 Å². The van der Waals surface area contributed by atoms with Crippen LogP contribution in [0.5, 0.6) is 0 Å². The number of amides is 1. The van der Waals surface area contributed by atoms with Crippen molar-refractivity contribution in [3.05, 3.63) is 57.0 Å². The number of rotatable bonds is 4. The fourth-order valence-corrected chi connectivity index (χ4v) is 4.18. The molecule has 0 aliphatic carbocycles. The van der Waals surface area contributed by atoms with E-state index in [1.807, 2.05) is 24.1 Å². The third-order valence-corrected chi connectivity index (χ3v) is 5.71. The van der Waals surface area contributed by atoms with Gasteiger partial charge in [-0.15, -0.1) is 11.3 Å². The quantitative estimate of drug-likeness (QED) is 0.660. The Morgan fingerprint density at radius 2 is 2.00 bits per heavy atom. The summed E-state index contributed by atoms with van der Waals surface area (Å²) in [5.41, 5.74) is 2.11. The Kier molecular flexibility index (Phi) is 5.19. The fourth-order valence-electron chi connectivity index (χ4n) is 3.44. The van der Waals surface area contributed by atoms with Gasteiger partial charge in [-0.05, 0) is 13.3 Å². The summed E-state index contributed by atoms with van der Waals surface area (Å²) in [5, 5.41) is 1.86. The van der Waals surface area contributed by atoms with Crippen LogP contribution in [0, 0.1) is 6.92 Å². The van der Waals surface area contributed by atoms with Crippen LogP contribution in [0.3, 0.4) is 0 Å². The summed E-state index contributed by atoms with van der Waals surface area (Å²) >= 11 is 1.45. The molecule has 8 nitrogen and oxygen atoms in total. The number of hydrogen-bond acceptors (Lipinski definition) is 7. The van der Waals surface area contributed by atoms with Crippen LogP contribution in [0.1, 0.15) is 34.5 Å². The number of piperazine rings is 1. The van der Waals surface area contributed by atoms with Crippen LogP contribution in [0.2, 0.25) is 0 Å². The molecule has 0 atom stereocenters. The predicted molar refractivity (Wildman–Crippen MR) is 107 cm³/mol. The van der Waals surface area contributed by atoms with E-state index in [0.29, 0.717) is 42.4 Å². The van der Waals surface area contributed by atoms with Crippen LogP contribution in [-0.4, -0.2) is 61.2 Å². The highest BCUT2D eigenvalue weighted by Crippen LogP contribution is 2.14. The Labute approximate surface area is 166 Å². The molecule has 1 saturated heterocycles. The van der Waals surface area contributed by atoms with E-state index >= 15 is 0 Å². The normalized spacial score (nSPS) is 15.3. The number of carbonyl (C=O) groups excluding carboxylic acids is 1. The second kappa shape index (κ2) is 7.76. The van der Waals surface area contributed by atoms with Crippen molar-refractivity contribution in [2.24, 2.45) is 0 Å². The zero-order valence-electron chi connectivity index (χ0n) is 16.0. The number of fused-ring (bicyclic) bond motifs is 1. The lowest BCUT2D eigenvalue weighted by atomic mass is 10.1. The summed E-state index contributed by atoms with van der Waals surface area (Å²) in [4.78, 5) is 43.0. The second-order valence-corrected chi connectivity index (χ2v) is 7.71. The van der Waals surface area contributed by atoms with Gasteiger partial charge in [0, 0.05) is 56.6 Å². The minimum atomic E-state index is -0.0541. The maximum Gasteiger partial charge on any atom is 0.258 e. The lowest BCUT2D eigenvalue weighted by Crippen LogP contribution is -2.48. The van der Waals surface area contributed by atoms with Gasteiger partial charge in [-0.2, -0.15) is 0 Å². The Hall–Kier alpha value is -2.65. The Balaban J connectivity index is 1.41. The first kappa shape index (κ1) is 18.7. The minimum absolute atomic E-state index is 0.00660. The molecule has 0 spiro atoms. The van der Waals surface area contributed by atoms with E-state index in [2.05, 4.69) is 19.9 Å². The molecule has 0 N–H and O–H groups in total. The fraction of sp³-hybridized carbons (Fsp3) is 0.421. The number of nitrogens with zero attached hydrogens (tertiary/aromatic N) is 6. The highest BCUT2D eigenvalue weighted by atomic mass is 32.1. The summed E-state index contributed by atoms with van der Waals surface area (Å²) in [6.07, 6.45) is 4.09. The van der Waals surface area contributed by atoms with E-state index in [1.54, 1.807) is 22.9 Å². The molecule has 4 rings (SSSR count). The van der Waals surface area contributed by atoms with Crippen molar-refractivity contribution in [2.75, 3.05) is 26.2 Å². The minimum Gasteiger partial charge on any atom is -0.336 e. The van der Waals surface area contributed by atoms with Gasteiger partial charge in [0.2, 0.25) is 0 Å². The topological polar surface area (TPSA) is 83.7 Å². The monoisotopic (exact) mass is 398 g/mol.